The first-order chi connectivity index (χ1) is 14.5. The van der Waals surface area contributed by atoms with E-state index in [2.05, 4.69) is 4.98 Å². The van der Waals surface area contributed by atoms with Gasteiger partial charge in [0.25, 0.3) is 11.8 Å². The summed E-state index contributed by atoms with van der Waals surface area (Å²) in [6.07, 6.45) is 0.424. The summed E-state index contributed by atoms with van der Waals surface area (Å²) in [5.41, 5.74) is 2.21. The summed E-state index contributed by atoms with van der Waals surface area (Å²) >= 11 is 0. The van der Waals surface area contributed by atoms with Crippen LogP contribution in [-0.4, -0.2) is 34.2 Å². The molecule has 2 aromatic carbocycles. The van der Waals surface area contributed by atoms with Crippen molar-refractivity contribution in [2.24, 2.45) is 0 Å². The Morgan fingerprint density at radius 1 is 1.00 bits per heavy atom. The molecule has 1 aliphatic heterocycles. The zero-order chi connectivity index (χ0) is 21.1. The van der Waals surface area contributed by atoms with Crippen LogP contribution in [0.25, 0.3) is 11.5 Å². The van der Waals surface area contributed by atoms with E-state index >= 15 is 0 Å². The Hall–Kier alpha value is -3.74. The van der Waals surface area contributed by atoms with E-state index in [9.17, 15) is 14.4 Å². The van der Waals surface area contributed by atoms with Gasteiger partial charge in [-0.25, -0.2) is 4.98 Å². The number of benzene rings is 2. The lowest BCUT2D eigenvalue weighted by Gasteiger charge is -2.13. The maximum Gasteiger partial charge on any atom is 0.306 e. The van der Waals surface area contributed by atoms with Crippen LogP contribution in [0.1, 0.15) is 45.0 Å². The molecule has 0 unspecified atom stereocenters. The summed E-state index contributed by atoms with van der Waals surface area (Å²) in [6, 6.07) is 16.2. The second kappa shape index (κ2) is 8.32. The van der Waals surface area contributed by atoms with Gasteiger partial charge >= 0.3 is 5.97 Å². The highest BCUT2D eigenvalue weighted by Crippen LogP contribution is 2.23. The van der Waals surface area contributed by atoms with Crippen LogP contribution < -0.4 is 0 Å². The first-order valence-corrected chi connectivity index (χ1v) is 9.67. The minimum Gasteiger partial charge on any atom is -0.459 e. The molecule has 3 aromatic rings. The van der Waals surface area contributed by atoms with Crippen molar-refractivity contribution in [3.8, 4) is 11.5 Å². The van der Waals surface area contributed by atoms with Gasteiger partial charge in [-0.3, -0.25) is 19.3 Å². The van der Waals surface area contributed by atoms with Crippen LogP contribution >= 0.6 is 0 Å². The van der Waals surface area contributed by atoms with Crippen molar-refractivity contribution in [2.45, 2.75) is 26.4 Å². The summed E-state index contributed by atoms with van der Waals surface area (Å²) in [4.78, 5) is 42.3. The fourth-order valence-corrected chi connectivity index (χ4v) is 3.31. The van der Waals surface area contributed by atoms with E-state index in [0.29, 0.717) is 34.9 Å². The average Bonchev–Trinajstić information content (AvgIpc) is 3.26. The molecular weight excluding hydrogens is 384 g/mol. The highest BCUT2D eigenvalue weighted by atomic mass is 16.5. The van der Waals surface area contributed by atoms with Crippen molar-refractivity contribution in [1.82, 2.24) is 9.88 Å². The van der Waals surface area contributed by atoms with Crippen molar-refractivity contribution >= 4 is 17.8 Å². The molecule has 0 bridgehead atoms. The standard InChI is InChI=1S/C23H20N2O5/c1-15-19(24-21(30-15)16-8-3-2-4-9-16)14-29-20(26)12-7-13-25-22(27)17-10-5-6-11-18(17)23(25)28/h2-6,8-11H,7,12-14H2,1H3. The minimum atomic E-state index is -0.421. The van der Waals surface area contributed by atoms with Gasteiger partial charge < -0.3 is 9.15 Å². The van der Waals surface area contributed by atoms with Crippen LogP contribution in [0, 0.1) is 6.92 Å². The van der Waals surface area contributed by atoms with Crippen molar-refractivity contribution in [1.29, 1.82) is 0 Å². The molecule has 152 valence electrons. The molecule has 30 heavy (non-hydrogen) atoms. The third-order valence-electron chi connectivity index (χ3n) is 4.92. The van der Waals surface area contributed by atoms with Crippen molar-refractivity contribution in [3.63, 3.8) is 0 Å². The number of hydrogen-bond acceptors (Lipinski definition) is 6. The fraction of sp³-hybridized carbons (Fsp3) is 0.217. The van der Waals surface area contributed by atoms with Gasteiger partial charge in [0.15, 0.2) is 0 Å². The molecule has 0 aliphatic carbocycles. The van der Waals surface area contributed by atoms with E-state index in [1.54, 1.807) is 31.2 Å². The molecule has 7 heteroatoms. The molecule has 0 N–H and O–H groups in total. The number of carbonyl (C=O) groups is 3. The van der Waals surface area contributed by atoms with E-state index in [1.165, 1.54) is 4.90 Å². The monoisotopic (exact) mass is 404 g/mol. The molecule has 0 saturated heterocycles. The highest BCUT2D eigenvalue weighted by Gasteiger charge is 2.34. The molecule has 7 nitrogen and oxygen atoms in total. The van der Waals surface area contributed by atoms with Gasteiger partial charge in [0.05, 0.1) is 11.1 Å². The highest BCUT2D eigenvalue weighted by molar-refractivity contribution is 6.21. The minimum absolute atomic E-state index is 0.00795. The van der Waals surface area contributed by atoms with E-state index in [0.717, 1.165) is 5.56 Å². The van der Waals surface area contributed by atoms with Gasteiger partial charge in [-0.2, -0.15) is 0 Å². The first kappa shape index (κ1) is 19.6. The molecule has 4 rings (SSSR count). The number of fused-ring (bicyclic) bond motifs is 1. The number of oxazole rings is 1. The van der Waals surface area contributed by atoms with Crippen LogP contribution in [0.3, 0.4) is 0 Å². The lowest BCUT2D eigenvalue weighted by atomic mass is 10.1. The summed E-state index contributed by atoms with van der Waals surface area (Å²) < 4.78 is 10.9. The van der Waals surface area contributed by atoms with E-state index in [4.69, 9.17) is 9.15 Å². The van der Waals surface area contributed by atoms with Crippen LogP contribution in [-0.2, 0) is 16.1 Å². The number of esters is 1. The van der Waals surface area contributed by atoms with Crippen LogP contribution in [0.2, 0.25) is 0 Å². The fourth-order valence-electron chi connectivity index (χ4n) is 3.31. The Balaban J connectivity index is 1.27. The third kappa shape index (κ3) is 3.87. The molecule has 2 heterocycles. The van der Waals surface area contributed by atoms with Crippen LogP contribution in [0.4, 0.5) is 0 Å². The normalized spacial score (nSPS) is 12.9. The van der Waals surface area contributed by atoms with E-state index < -0.39 is 5.97 Å². The van der Waals surface area contributed by atoms with Gasteiger partial charge in [-0.1, -0.05) is 30.3 Å². The first-order valence-electron chi connectivity index (χ1n) is 9.67. The molecule has 0 saturated carbocycles. The Labute approximate surface area is 173 Å². The third-order valence-corrected chi connectivity index (χ3v) is 4.92. The number of aryl methyl sites for hydroxylation is 1. The van der Waals surface area contributed by atoms with Gasteiger partial charge in [-0.05, 0) is 37.6 Å². The number of imide groups is 1. The number of hydrogen-bond donors (Lipinski definition) is 0. The van der Waals surface area contributed by atoms with Gasteiger partial charge in [0.2, 0.25) is 5.89 Å². The van der Waals surface area contributed by atoms with E-state index in [-0.39, 0.29) is 31.4 Å². The topological polar surface area (TPSA) is 89.7 Å². The Morgan fingerprint density at radius 3 is 2.30 bits per heavy atom. The molecule has 1 aromatic heterocycles. The average molecular weight is 404 g/mol. The summed E-state index contributed by atoms with van der Waals surface area (Å²) in [5, 5.41) is 0. The Kier molecular flexibility index (Phi) is 5.43. The Bertz CT molecular complexity index is 1070. The largest absolute Gasteiger partial charge is 0.459 e. The summed E-state index contributed by atoms with van der Waals surface area (Å²) in [6.45, 7) is 1.95. The van der Waals surface area contributed by atoms with Crippen molar-refractivity contribution in [2.75, 3.05) is 6.54 Å². The zero-order valence-corrected chi connectivity index (χ0v) is 16.5. The smallest absolute Gasteiger partial charge is 0.306 e. The SMILES string of the molecule is Cc1oc(-c2ccccc2)nc1COC(=O)CCCN1C(=O)c2ccccc2C1=O. The zero-order valence-electron chi connectivity index (χ0n) is 16.5. The summed E-state index contributed by atoms with van der Waals surface area (Å²) in [5.74, 6) is -0.000942. The molecule has 1 aliphatic rings. The van der Waals surface area contributed by atoms with E-state index in [1.807, 2.05) is 30.3 Å². The second-order valence-corrected chi connectivity index (χ2v) is 6.96. The number of amides is 2. The quantitative estimate of drug-likeness (QED) is 0.440. The van der Waals surface area contributed by atoms with Gasteiger partial charge in [0.1, 0.15) is 18.1 Å². The Morgan fingerprint density at radius 2 is 1.63 bits per heavy atom. The number of nitrogens with zero attached hydrogens (tertiary/aromatic N) is 2. The van der Waals surface area contributed by atoms with Crippen LogP contribution in [0.5, 0.6) is 0 Å². The molecule has 0 fully saturated rings. The number of carbonyl (C=O) groups excluding carboxylic acids is 3. The van der Waals surface area contributed by atoms with Gasteiger partial charge in [-0.15, -0.1) is 0 Å². The van der Waals surface area contributed by atoms with Crippen molar-refractivity contribution < 1.29 is 23.5 Å². The van der Waals surface area contributed by atoms with Crippen molar-refractivity contribution in [3.05, 3.63) is 77.2 Å². The lowest BCUT2D eigenvalue weighted by molar-refractivity contribution is -0.145. The number of ether oxygens (including phenoxy) is 1. The molecule has 0 radical (unpaired) electrons. The molecule has 2 amide bonds. The number of aromatic nitrogens is 1. The van der Waals surface area contributed by atoms with Crippen LogP contribution in [0.15, 0.2) is 59.0 Å². The predicted molar refractivity (Wildman–Crippen MR) is 108 cm³/mol. The second-order valence-electron chi connectivity index (χ2n) is 6.96. The molecular formula is C23H20N2O5. The summed E-state index contributed by atoms with van der Waals surface area (Å²) in [7, 11) is 0. The molecule has 0 atom stereocenters. The number of rotatable bonds is 7. The maximum atomic E-state index is 12.3. The predicted octanol–water partition coefficient (Wildman–Crippen LogP) is 3.77. The maximum absolute atomic E-state index is 12.3. The van der Waals surface area contributed by atoms with Gasteiger partial charge in [0, 0.05) is 18.5 Å². The lowest BCUT2D eigenvalue weighted by Crippen LogP contribution is -2.31. The molecule has 0 spiro atoms.